The van der Waals surface area contributed by atoms with Crippen LogP contribution in [0.15, 0.2) is 18.2 Å². The quantitative estimate of drug-likeness (QED) is 0.834. The normalized spacial score (nSPS) is 12.9. The van der Waals surface area contributed by atoms with Crippen LogP contribution in [-0.2, 0) is 0 Å². The van der Waals surface area contributed by atoms with Crippen LogP contribution in [0.4, 0.5) is 4.39 Å². The van der Waals surface area contributed by atoms with Crippen LogP contribution in [0.2, 0.25) is 0 Å². The lowest BCUT2D eigenvalue weighted by Gasteiger charge is -2.14. The van der Waals surface area contributed by atoms with Gasteiger partial charge in [-0.1, -0.05) is 13.8 Å². The predicted octanol–water partition coefficient (Wildman–Crippen LogP) is 3.30. The summed E-state index contributed by atoms with van der Waals surface area (Å²) in [5.74, 6) is 0.777. The number of aliphatic hydroxyl groups is 1. The summed E-state index contributed by atoms with van der Waals surface area (Å²) in [6, 6.07) is 4.23. The third kappa shape index (κ3) is 3.81. The van der Waals surface area contributed by atoms with Gasteiger partial charge in [-0.15, -0.1) is 0 Å². The summed E-state index contributed by atoms with van der Waals surface area (Å²) in [6.45, 7) is 6.42. The molecule has 0 amide bonds. The maximum absolute atomic E-state index is 13.0. The maximum Gasteiger partial charge on any atom is 0.125 e. The van der Waals surface area contributed by atoms with E-state index in [1.807, 2.05) is 0 Å². The molecule has 0 aliphatic carbocycles. The topological polar surface area (TPSA) is 29.5 Å². The van der Waals surface area contributed by atoms with Crippen molar-refractivity contribution in [2.24, 2.45) is 5.92 Å². The molecule has 0 radical (unpaired) electrons. The van der Waals surface area contributed by atoms with Crippen LogP contribution >= 0.6 is 0 Å². The number of halogens is 1. The first-order valence-electron chi connectivity index (χ1n) is 5.61. The highest BCUT2D eigenvalue weighted by Crippen LogP contribution is 2.26. The van der Waals surface area contributed by atoms with E-state index in [4.69, 9.17) is 4.74 Å². The summed E-state index contributed by atoms with van der Waals surface area (Å²) in [6.07, 6.45) is 0.223. The summed E-state index contributed by atoms with van der Waals surface area (Å²) in [5, 5.41) is 9.49. The third-order valence-electron chi connectivity index (χ3n) is 2.37. The molecule has 0 spiro atoms. The Bertz CT molecular complexity index is 335. The molecule has 0 heterocycles. The van der Waals surface area contributed by atoms with Crippen LogP contribution in [-0.4, -0.2) is 11.7 Å². The fourth-order valence-corrected chi connectivity index (χ4v) is 1.38. The molecule has 0 aromatic heterocycles. The third-order valence-corrected chi connectivity index (χ3v) is 2.37. The molecule has 1 atom stereocenters. The lowest BCUT2D eigenvalue weighted by atomic mass is 10.1. The minimum absolute atomic E-state index is 0.355. The first kappa shape index (κ1) is 13.0. The van der Waals surface area contributed by atoms with Crippen molar-refractivity contribution < 1.29 is 14.2 Å². The molecule has 1 aromatic rings. The van der Waals surface area contributed by atoms with Gasteiger partial charge in [-0.05, 0) is 37.5 Å². The Morgan fingerprint density at radius 1 is 1.31 bits per heavy atom. The number of hydrogen-bond donors (Lipinski definition) is 1. The van der Waals surface area contributed by atoms with Crippen LogP contribution in [0.3, 0.4) is 0 Å². The van der Waals surface area contributed by atoms with E-state index in [0.717, 1.165) is 6.42 Å². The molecular weight excluding hydrogens is 207 g/mol. The first-order valence-corrected chi connectivity index (χ1v) is 5.61. The smallest absolute Gasteiger partial charge is 0.125 e. The Labute approximate surface area is 96.1 Å². The minimum atomic E-state index is -0.718. The van der Waals surface area contributed by atoms with Gasteiger partial charge in [0.25, 0.3) is 0 Å². The maximum atomic E-state index is 13.0. The molecule has 0 saturated carbocycles. The van der Waals surface area contributed by atoms with Crippen LogP contribution in [0, 0.1) is 11.7 Å². The highest BCUT2D eigenvalue weighted by atomic mass is 19.1. The minimum Gasteiger partial charge on any atom is -0.493 e. The van der Waals surface area contributed by atoms with Gasteiger partial charge in [-0.2, -0.15) is 0 Å². The Balaban J connectivity index is 2.71. The molecule has 90 valence electrons. The van der Waals surface area contributed by atoms with Crippen molar-refractivity contribution in [2.75, 3.05) is 6.61 Å². The van der Waals surface area contributed by atoms with E-state index in [0.29, 0.717) is 23.8 Å². The van der Waals surface area contributed by atoms with Crippen molar-refractivity contribution in [3.8, 4) is 5.75 Å². The van der Waals surface area contributed by atoms with Gasteiger partial charge < -0.3 is 9.84 Å². The van der Waals surface area contributed by atoms with E-state index >= 15 is 0 Å². The predicted molar refractivity (Wildman–Crippen MR) is 62.0 cm³/mol. The van der Waals surface area contributed by atoms with E-state index in [1.54, 1.807) is 13.0 Å². The van der Waals surface area contributed by atoms with Crippen LogP contribution in [0.1, 0.15) is 38.9 Å². The van der Waals surface area contributed by atoms with Crippen molar-refractivity contribution in [1.82, 2.24) is 0 Å². The van der Waals surface area contributed by atoms with Crippen molar-refractivity contribution in [2.45, 2.75) is 33.3 Å². The zero-order valence-electron chi connectivity index (χ0n) is 10.0. The van der Waals surface area contributed by atoms with Gasteiger partial charge in [0.05, 0.1) is 12.7 Å². The molecule has 3 heteroatoms. The summed E-state index contributed by atoms with van der Waals surface area (Å²) in [4.78, 5) is 0. The molecule has 0 aliphatic rings. The molecule has 0 aliphatic heterocycles. The van der Waals surface area contributed by atoms with Gasteiger partial charge in [0.15, 0.2) is 0 Å². The summed E-state index contributed by atoms with van der Waals surface area (Å²) < 4.78 is 18.5. The Morgan fingerprint density at radius 3 is 2.56 bits per heavy atom. The monoisotopic (exact) mass is 226 g/mol. The van der Waals surface area contributed by atoms with Crippen molar-refractivity contribution in [1.29, 1.82) is 0 Å². The fraction of sp³-hybridized carbons (Fsp3) is 0.538. The Kier molecular flexibility index (Phi) is 4.74. The lowest BCUT2D eigenvalue weighted by molar-refractivity contribution is 0.189. The molecule has 0 bridgehead atoms. The summed E-state index contributed by atoms with van der Waals surface area (Å²) in [7, 11) is 0. The van der Waals surface area contributed by atoms with Gasteiger partial charge in [0, 0.05) is 5.56 Å². The van der Waals surface area contributed by atoms with E-state index in [1.165, 1.54) is 12.1 Å². The standard InChI is InChI=1S/C13H19FO2/c1-9(2)6-7-16-13-5-4-11(14)8-12(13)10(3)15/h4-5,8-10,15H,6-7H2,1-3H3/t10-/m0/s1. The van der Waals surface area contributed by atoms with Crippen molar-refractivity contribution in [3.63, 3.8) is 0 Å². The average molecular weight is 226 g/mol. The Morgan fingerprint density at radius 2 is 2.00 bits per heavy atom. The number of rotatable bonds is 5. The highest BCUT2D eigenvalue weighted by molar-refractivity contribution is 5.35. The summed E-state index contributed by atoms with van der Waals surface area (Å²) >= 11 is 0. The van der Waals surface area contributed by atoms with Gasteiger partial charge in [0.1, 0.15) is 11.6 Å². The first-order chi connectivity index (χ1) is 7.50. The molecule has 2 nitrogen and oxygen atoms in total. The number of benzene rings is 1. The Hall–Kier alpha value is -1.09. The van der Waals surface area contributed by atoms with E-state index in [9.17, 15) is 9.50 Å². The van der Waals surface area contributed by atoms with Crippen LogP contribution in [0.25, 0.3) is 0 Å². The van der Waals surface area contributed by atoms with Crippen LogP contribution < -0.4 is 4.74 Å². The fourth-order valence-electron chi connectivity index (χ4n) is 1.38. The second-order valence-corrected chi connectivity index (χ2v) is 4.39. The largest absolute Gasteiger partial charge is 0.493 e. The number of ether oxygens (including phenoxy) is 1. The van der Waals surface area contributed by atoms with E-state index in [2.05, 4.69) is 13.8 Å². The second-order valence-electron chi connectivity index (χ2n) is 4.39. The molecule has 1 rings (SSSR count). The number of aliphatic hydroxyl groups excluding tert-OH is 1. The van der Waals surface area contributed by atoms with Gasteiger partial charge in [0.2, 0.25) is 0 Å². The SMILES string of the molecule is CC(C)CCOc1ccc(F)cc1[C@H](C)O. The van der Waals surface area contributed by atoms with Crippen molar-refractivity contribution in [3.05, 3.63) is 29.6 Å². The molecule has 0 saturated heterocycles. The van der Waals surface area contributed by atoms with Gasteiger partial charge >= 0.3 is 0 Å². The molecule has 0 unspecified atom stereocenters. The molecule has 1 N–H and O–H groups in total. The molecule has 1 aromatic carbocycles. The van der Waals surface area contributed by atoms with E-state index < -0.39 is 6.10 Å². The summed E-state index contributed by atoms with van der Waals surface area (Å²) in [5.41, 5.74) is 0.503. The zero-order valence-corrected chi connectivity index (χ0v) is 10.0. The molecule has 16 heavy (non-hydrogen) atoms. The van der Waals surface area contributed by atoms with Crippen molar-refractivity contribution >= 4 is 0 Å². The average Bonchev–Trinajstić information content (AvgIpc) is 2.19. The molecular formula is C13H19FO2. The van der Waals surface area contributed by atoms with Gasteiger partial charge in [-0.3, -0.25) is 0 Å². The number of hydrogen-bond acceptors (Lipinski definition) is 2. The lowest BCUT2D eigenvalue weighted by Crippen LogP contribution is -2.05. The zero-order chi connectivity index (χ0) is 12.1. The highest BCUT2D eigenvalue weighted by Gasteiger charge is 2.10. The second kappa shape index (κ2) is 5.85. The van der Waals surface area contributed by atoms with Gasteiger partial charge in [-0.25, -0.2) is 4.39 Å². The van der Waals surface area contributed by atoms with E-state index in [-0.39, 0.29) is 5.82 Å². The van der Waals surface area contributed by atoms with Crippen LogP contribution in [0.5, 0.6) is 5.75 Å². The molecule has 0 fully saturated rings.